The van der Waals surface area contributed by atoms with E-state index in [1.807, 2.05) is 35.2 Å². The van der Waals surface area contributed by atoms with Crippen LogP contribution < -0.4 is 4.90 Å². The number of hydrogen-bond donors (Lipinski definition) is 0. The number of rotatable bonds is 6. The molecule has 3 nitrogen and oxygen atoms in total. The first-order valence-corrected chi connectivity index (χ1v) is 12.1. The van der Waals surface area contributed by atoms with E-state index >= 15 is 0 Å². The summed E-state index contributed by atoms with van der Waals surface area (Å²) in [6, 6.07) is 30.9. The first-order chi connectivity index (χ1) is 16.1. The van der Waals surface area contributed by atoms with Crippen LogP contribution in [-0.2, 0) is 17.8 Å². The summed E-state index contributed by atoms with van der Waals surface area (Å²) in [6.07, 6.45) is 0.338. The van der Waals surface area contributed by atoms with E-state index in [4.69, 9.17) is 4.98 Å². The molecule has 0 aliphatic carbocycles. The summed E-state index contributed by atoms with van der Waals surface area (Å²) in [5.41, 5.74) is 4.33. The van der Waals surface area contributed by atoms with E-state index in [1.165, 1.54) is 10.9 Å². The van der Waals surface area contributed by atoms with Gasteiger partial charge in [-0.15, -0.1) is 0 Å². The van der Waals surface area contributed by atoms with Gasteiger partial charge in [0.05, 0.1) is 23.2 Å². The van der Waals surface area contributed by atoms with E-state index in [-0.39, 0.29) is 5.91 Å². The van der Waals surface area contributed by atoms with Crippen molar-refractivity contribution >= 4 is 43.4 Å². The molecule has 1 heterocycles. The molecule has 0 bridgehead atoms. The van der Waals surface area contributed by atoms with E-state index in [1.54, 1.807) is 11.3 Å². The number of nitrogens with zero attached hydrogens (tertiary/aromatic N) is 2. The molecule has 0 saturated carbocycles. The number of fused-ring (bicyclic) bond motifs is 2. The lowest BCUT2D eigenvalue weighted by atomic mass is 10.0. The third-order valence-corrected chi connectivity index (χ3v) is 6.99. The van der Waals surface area contributed by atoms with Crippen LogP contribution in [0.25, 0.3) is 21.0 Å². The molecule has 1 aromatic heterocycles. The summed E-state index contributed by atoms with van der Waals surface area (Å²) in [7, 11) is 0. The van der Waals surface area contributed by atoms with Gasteiger partial charge in [-0.1, -0.05) is 110 Å². The maximum absolute atomic E-state index is 13.6. The monoisotopic (exact) mass is 450 g/mol. The minimum absolute atomic E-state index is 0.0549. The average molecular weight is 451 g/mol. The van der Waals surface area contributed by atoms with Crippen molar-refractivity contribution in [3.05, 3.63) is 108 Å². The Bertz CT molecular complexity index is 1420. The van der Waals surface area contributed by atoms with E-state index in [0.717, 1.165) is 31.9 Å². The number of amides is 1. The van der Waals surface area contributed by atoms with Gasteiger partial charge in [0.25, 0.3) is 0 Å². The number of carbonyl (C=O) groups excluding carboxylic acids is 1. The third kappa shape index (κ3) is 4.53. The van der Waals surface area contributed by atoms with Gasteiger partial charge in [0.2, 0.25) is 5.91 Å². The summed E-state index contributed by atoms with van der Waals surface area (Å²) >= 11 is 1.59. The standard InChI is InChI=1S/C29H26N2OS/c1-20(2)25-13-8-14-26-28(25)30-29(33-26)31(19-21-9-4-3-5-10-21)27(32)18-22-15-16-23-11-6-7-12-24(23)17-22/h3-17,20H,18-19H2,1-2H3. The Kier molecular flexibility index (Phi) is 5.93. The Morgan fingerprint density at radius 1 is 0.848 bits per heavy atom. The molecule has 5 rings (SSSR count). The molecular formula is C29H26N2OS. The third-order valence-electron chi connectivity index (χ3n) is 5.95. The van der Waals surface area contributed by atoms with Crippen molar-refractivity contribution in [2.75, 3.05) is 4.90 Å². The molecule has 0 N–H and O–H groups in total. The zero-order valence-corrected chi connectivity index (χ0v) is 19.7. The number of anilines is 1. The van der Waals surface area contributed by atoms with Gasteiger partial charge in [-0.2, -0.15) is 0 Å². The van der Waals surface area contributed by atoms with Crippen LogP contribution in [0.4, 0.5) is 5.13 Å². The highest BCUT2D eigenvalue weighted by Crippen LogP contribution is 2.34. The number of carbonyl (C=O) groups is 1. The van der Waals surface area contributed by atoms with Gasteiger partial charge >= 0.3 is 0 Å². The summed E-state index contributed by atoms with van der Waals surface area (Å²) in [5, 5.41) is 3.09. The Balaban J connectivity index is 1.51. The van der Waals surface area contributed by atoms with Gasteiger partial charge in [-0.05, 0) is 39.4 Å². The SMILES string of the molecule is CC(C)c1cccc2sc(N(Cc3ccccc3)C(=O)Cc3ccc4ccccc4c3)nc12. The Hall–Kier alpha value is -3.50. The lowest BCUT2D eigenvalue weighted by Crippen LogP contribution is -2.31. The number of hydrogen-bond acceptors (Lipinski definition) is 3. The van der Waals surface area contributed by atoms with E-state index in [0.29, 0.717) is 18.9 Å². The molecule has 5 aromatic rings. The summed E-state index contributed by atoms with van der Waals surface area (Å²) in [6.45, 7) is 4.87. The first-order valence-electron chi connectivity index (χ1n) is 11.3. The molecule has 4 aromatic carbocycles. The predicted molar refractivity (Wildman–Crippen MR) is 139 cm³/mol. The lowest BCUT2D eigenvalue weighted by Gasteiger charge is -2.20. The van der Waals surface area contributed by atoms with Crippen molar-refractivity contribution in [1.82, 2.24) is 4.98 Å². The van der Waals surface area contributed by atoms with Crippen molar-refractivity contribution in [2.45, 2.75) is 32.7 Å². The molecule has 1 amide bonds. The van der Waals surface area contributed by atoms with Crippen LogP contribution in [0, 0.1) is 0 Å². The molecule has 0 saturated heterocycles. The van der Waals surface area contributed by atoms with Crippen LogP contribution >= 0.6 is 11.3 Å². The number of aromatic nitrogens is 1. The van der Waals surface area contributed by atoms with Crippen LogP contribution in [-0.4, -0.2) is 10.9 Å². The summed E-state index contributed by atoms with van der Waals surface area (Å²) < 4.78 is 1.12. The average Bonchev–Trinajstić information content (AvgIpc) is 3.27. The normalized spacial score (nSPS) is 11.4. The fraction of sp³-hybridized carbons (Fsp3) is 0.172. The topological polar surface area (TPSA) is 33.2 Å². The Morgan fingerprint density at radius 2 is 1.61 bits per heavy atom. The number of para-hydroxylation sites is 1. The zero-order chi connectivity index (χ0) is 22.8. The maximum Gasteiger partial charge on any atom is 0.233 e. The minimum atomic E-state index is 0.0549. The fourth-order valence-electron chi connectivity index (χ4n) is 4.19. The molecule has 0 atom stereocenters. The number of benzene rings is 4. The van der Waals surface area contributed by atoms with Crippen molar-refractivity contribution in [3.8, 4) is 0 Å². The van der Waals surface area contributed by atoms with Gasteiger partial charge in [-0.3, -0.25) is 9.69 Å². The van der Waals surface area contributed by atoms with Crippen molar-refractivity contribution in [1.29, 1.82) is 0 Å². The van der Waals surface area contributed by atoms with Gasteiger partial charge in [0, 0.05) is 0 Å². The minimum Gasteiger partial charge on any atom is -0.283 e. The zero-order valence-electron chi connectivity index (χ0n) is 18.9. The smallest absolute Gasteiger partial charge is 0.233 e. The second-order valence-electron chi connectivity index (χ2n) is 8.67. The van der Waals surface area contributed by atoms with Gasteiger partial charge < -0.3 is 0 Å². The van der Waals surface area contributed by atoms with Crippen LogP contribution in [0.15, 0.2) is 91.0 Å². The lowest BCUT2D eigenvalue weighted by molar-refractivity contribution is -0.118. The predicted octanol–water partition coefficient (Wildman–Crippen LogP) is 7.35. The highest BCUT2D eigenvalue weighted by atomic mass is 32.1. The van der Waals surface area contributed by atoms with E-state index in [2.05, 4.69) is 74.5 Å². The molecular weight excluding hydrogens is 424 g/mol. The molecule has 0 radical (unpaired) electrons. The highest BCUT2D eigenvalue weighted by Gasteiger charge is 2.22. The summed E-state index contributed by atoms with van der Waals surface area (Å²) in [4.78, 5) is 20.5. The maximum atomic E-state index is 13.6. The fourth-order valence-corrected chi connectivity index (χ4v) is 5.20. The molecule has 0 unspecified atom stereocenters. The molecule has 0 aliphatic rings. The highest BCUT2D eigenvalue weighted by molar-refractivity contribution is 7.22. The Morgan fingerprint density at radius 3 is 2.39 bits per heavy atom. The van der Waals surface area contributed by atoms with Crippen LogP contribution in [0.3, 0.4) is 0 Å². The van der Waals surface area contributed by atoms with Crippen molar-refractivity contribution in [3.63, 3.8) is 0 Å². The molecule has 0 spiro atoms. The van der Waals surface area contributed by atoms with Crippen LogP contribution in [0.2, 0.25) is 0 Å². The Labute approximate surface area is 198 Å². The van der Waals surface area contributed by atoms with Crippen molar-refractivity contribution < 1.29 is 4.79 Å². The first kappa shape index (κ1) is 21.4. The molecule has 0 fully saturated rings. The second-order valence-corrected chi connectivity index (χ2v) is 9.68. The molecule has 0 aliphatic heterocycles. The second kappa shape index (κ2) is 9.16. The quantitative estimate of drug-likeness (QED) is 0.271. The van der Waals surface area contributed by atoms with Crippen molar-refractivity contribution in [2.24, 2.45) is 0 Å². The van der Waals surface area contributed by atoms with Gasteiger partial charge in [0.15, 0.2) is 5.13 Å². The van der Waals surface area contributed by atoms with Gasteiger partial charge in [-0.25, -0.2) is 4.98 Å². The number of thiazole rings is 1. The summed E-state index contributed by atoms with van der Waals surface area (Å²) in [5.74, 6) is 0.429. The van der Waals surface area contributed by atoms with Gasteiger partial charge in [0.1, 0.15) is 0 Å². The molecule has 33 heavy (non-hydrogen) atoms. The largest absolute Gasteiger partial charge is 0.283 e. The van der Waals surface area contributed by atoms with Crippen LogP contribution in [0.5, 0.6) is 0 Å². The van der Waals surface area contributed by atoms with E-state index in [9.17, 15) is 4.79 Å². The molecule has 164 valence electrons. The van der Waals surface area contributed by atoms with E-state index < -0.39 is 0 Å². The van der Waals surface area contributed by atoms with Crippen LogP contribution in [0.1, 0.15) is 36.5 Å². The molecule has 4 heteroatoms.